The van der Waals surface area contributed by atoms with Crippen molar-refractivity contribution in [3.63, 3.8) is 0 Å². The summed E-state index contributed by atoms with van der Waals surface area (Å²) in [5.41, 5.74) is 1.24. The van der Waals surface area contributed by atoms with E-state index in [1.807, 2.05) is 42.6 Å². The molecule has 0 spiro atoms. The maximum absolute atomic E-state index is 6.24. The predicted molar refractivity (Wildman–Crippen MR) is 99.5 cm³/mol. The molecule has 25 heavy (non-hydrogen) atoms. The SMILES string of the molecule is COc1ccc(CCC(Cc2ncc[nH]2)Oc2ccccc2Cl)cc1. The molecular weight excluding hydrogens is 336 g/mol. The van der Waals surface area contributed by atoms with Gasteiger partial charge in [-0.3, -0.25) is 0 Å². The molecule has 0 saturated heterocycles. The first-order valence-corrected chi connectivity index (χ1v) is 8.65. The molecule has 1 heterocycles. The van der Waals surface area contributed by atoms with E-state index in [1.165, 1.54) is 5.56 Å². The third kappa shape index (κ3) is 5.00. The highest BCUT2D eigenvalue weighted by Crippen LogP contribution is 2.26. The van der Waals surface area contributed by atoms with Crippen LogP contribution in [0.4, 0.5) is 0 Å². The lowest BCUT2D eigenvalue weighted by molar-refractivity contribution is 0.189. The van der Waals surface area contributed by atoms with E-state index in [-0.39, 0.29) is 6.10 Å². The van der Waals surface area contributed by atoms with E-state index in [0.717, 1.165) is 24.4 Å². The maximum atomic E-state index is 6.24. The molecule has 1 aromatic heterocycles. The number of aromatic amines is 1. The minimum Gasteiger partial charge on any atom is -0.497 e. The van der Waals surface area contributed by atoms with Gasteiger partial charge >= 0.3 is 0 Å². The summed E-state index contributed by atoms with van der Waals surface area (Å²) in [6.45, 7) is 0. The van der Waals surface area contributed by atoms with E-state index >= 15 is 0 Å². The van der Waals surface area contributed by atoms with Crippen molar-refractivity contribution in [2.75, 3.05) is 7.11 Å². The molecule has 3 aromatic rings. The molecule has 0 aliphatic carbocycles. The number of hydrogen-bond acceptors (Lipinski definition) is 3. The molecule has 5 heteroatoms. The Bertz CT molecular complexity index is 773. The Morgan fingerprint density at radius 3 is 2.60 bits per heavy atom. The zero-order valence-electron chi connectivity index (χ0n) is 14.1. The Kier molecular flexibility index (Phi) is 5.96. The Morgan fingerprint density at radius 1 is 1.12 bits per heavy atom. The Labute approximate surface area is 152 Å². The van der Waals surface area contributed by atoms with Gasteiger partial charge in [-0.25, -0.2) is 4.98 Å². The monoisotopic (exact) mass is 356 g/mol. The van der Waals surface area contributed by atoms with Crippen LogP contribution in [0.5, 0.6) is 11.5 Å². The number of nitrogens with zero attached hydrogens (tertiary/aromatic N) is 1. The van der Waals surface area contributed by atoms with Crippen molar-refractivity contribution in [1.29, 1.82) is 0 Å². The second-order valence-corrected chi connectivity index (χ2v) is 6.20. The first-order chi connectivity index (χ1) is 12.2. The Hall–Kier alpha value is -2.46. The van der Waals surface area contributed by atoms with Crippen LogP contribution >= 0.6 is 11.6 Å². The Balaban J connectivity index is 1.68. The topological polar surface area (TPSA) is 47.1 Å². The zero-order valence-corrected chi connectivity index (χ0v) is 14.9. The first-order valence-electron chi connectivity index (χ1n) is 8.27. The third-order valence-electron chi connectivity index (χ3n) is 4.02. The molecular formula is C20H21ClN2O2. The summed E-state index contributed by atoms with van der Waals surface area (Å²) in [5, 5.41) is 0.622. The van der Waals surface area contributed by atoms with Crippen LogP contribution in [0.25, 0.3) is 0 Å². The van der Waals surface area contributed by atoms with Crippen LogP contribution in [0.2, 0.25) is 5.02 Å². The van der Waals surface area contributed by atoms with Gasteiger partial charge in [-0.2, -0.15) is 0 Å². The number of rotatable bonds is 8. The summed E-state index contributed by atoms with van der Waals surface area (Å²) in [6.07, 6.45) is 6.02. The van der Waals surface area contributed by atoms with Gasteiger partial charge < -0.3 is 14.5 Å². The number of aromatic nitrogens is 2. The van der Waals surface area contributed by atoms with E-state index in [4.69, 9.17) is 21.1 Å². The molecule has 1 unspecified atom stereocenters. The summed E-state index contributed by atoms with van der Waals surface area (Å²) in [4.78, 5) is 7.45. The van der Waals surface area contributed by atoms with Gasteiger partial charge in [-0.05, 0) is 42.7 Å². The number of imidazole rings is 1. The summed E-state index contributed by atoms with van der Waals surface area (Å²) in [5.74, 6) is 2.48. The number of H-pyrrole nitrogens is 1. The first kappa shape index (κ1) is 17.4. The van der Waals surface area contributed by atoms with E-state index in [2.05, 4.69) is 22.1 Å². The molecule has 0 saturated carbocycles. The normalized spacial score (nSPS) is 11.9. The minimum atomic E-state index is -0.0202. The van der Waals surface area contributed by atoms with Gasteiger partial charge in [0.05, 0.1) is 12.1 Å². The van der Waals surface area contributed by atoms with Crippen LogP contribution in [-0.4, -0.2) is 23.2 Å². The molecule has 1 atom stereocenters. The average Bonchev–Trinajstić information content (AvgIpc) is 3.15. The van der Waals surface area contributed by atoms with E-state index in [9.17, 15) is 0 Å². The van der Waals surface area contributed by atoms with Crippen molar-refractivity contribution in [2.45, 2.75) is 25.4 Å². The van der Waals surface area contributed by atoms with Crippen LogP contribution in [0.15, 0.2) is 60.9 Å². The van der Waals surface area contributed by atoms with Crippen molar-refractivity contribution < 1.29 is 9.47 Å². The van der Waals surface area contributed by atoms with E-state index < -0.39 is 0 Å². The number of halogens is 1. The van der Waals surface area contributed by atoms with Gasteiger partial charge in [0, 0.05) is 18.8 Å². The highest BCUT2D eigenvalue weighted by Gasteiger charge is 2.15. The second kappa shape index (κ2) is 8.58. The summed E-state index contributed by atoms with van der Waals surface area (Å²) in [6, 6.07) is 15.7. The molecule has 0 bridgehead atoms. The molecule has 4 nitrogen and oxygen atoms in total. The summed E-state index contributed by atoms with van der Waals surface area (Å²) < 4.78 is 11.4. The second-order valence-electron chi connectivity index (χ2n) is 5.80. The minimum absolute atomic E-state index is 0.0202. The van der Waals surface area contributed by atoms with Gasteiger partial charge in [0.25, 0.3) is 0 Å². The number of benzene rings is 2. The van der Waals surface area contributed by atoms with E-state index in [0.29, 0.717) is 17.2 Å². The van der Waals surface area contributed by atoms with Crippen molar-refractivity contribution >= 4 is 11.6 Å². The summed E-state index contributed by atoms with van der Waals surface area (Å²) in [7, 11) is 1.67. The van der Waals surface area contributed by atoms with Gasteiger partial charge in [0.1, 0.15) is 23.4 Å². The van der Waals surface area contributed by atoms with Crippen LogP contribution in [0.1, 0.15) is 17.8 Å². The lowest BCUT2D eigenvalue weighted by Gasteiger charge is -2.19. The number of para-hydroxylation sites is 1. The molecule has 0 fully saturated rings. The molecule has 130 valence electrons. The average molecular weight is 357 g/mol. The van der Waals surface area contributed by atoms with Crippen LogP contribution in [0.3, 0.4) is 0 Å². The maximum Gasteiger partial charge on any atom is 0.138 e. The van der Waals surface area contributed by atoms with Crippen molar-refractivity contribution in [3.05, 3.63) is 77.3 Å². The number of methoxy groups -OCH3 is 1. The number of hydrogen-bond donors (Lipinski definition) is 1. The fraction of sp³-hybridized carbons (Fsp3) is 0.250. The van der Waals surface area contributed by atoms with Crippen molar-refractivity contribution in [2.24, 2.45) is 0 Å². The molecule has 0 aliphatic heterocycles. The van der Waals surface area contributed by atoms with Crippen molar-refractivity contribution in [3.8, 4) is 11.5 Å². The van der Waals surface area contributed by atoms with E-state index in [1.54, 1.807) is 13.3 Å². The third-order valence-corrected chi connectivity index (χ3v) is 4.33. The fourth-order valence-corrected chi connectivity index (χ4v) is 2.85. The van der Waals surface area contributed by atoms with Gasteiger partial charge in [0.2, 0.25) is 0 Å². The number of ether oxygens (including phenoxy) is 2. The quantitative estimate of drug-likeness (QED) is 0.636. The van der Waals surface area contributed by atoms with Crippen LogP contribution in [-0.2, 0) is 12.8 Å². The standard InChI is InChI=1S/C20H21ClN2O2/c1-24-16-9-6-15(7-10-16)8-11-17(14-20-22-12-13-23-20)25-19-5-3-2-4-18(19)21/h2-7,9-10,12-13,17H,8,11,14H2,1H3,(H,22,23). The van der Waals surface area contributed by atoms with Crippen molar-refractivity contribution in [1.82, 2.24) is 9.97 Å². The zero-order chi connectivity index (χ0) is 17.5. The highest BCUT2D eigenvalue weighted by molar-refractivity contribution is 6.32. The van der Waals surface area contributed by atoms with Crippen LogP contribution < -0.4 is 9.47 Å². The molecule has 2 aromatic carbocycles. The molecule has 0 aliphatic rings. The van der Waals surface area contributed by atoms with Gasteiger partial charge in [-0.15, -0.1) is 0 Å². The smallest absolute Gasteiger partial charge is 0.138 e. The lowest BCUT2D eigenvalue weighted by atomic mass is 10.0. The largest absolute Gasteiger partial charge is 0.497 e. The molecule has 0 radical (unpaired) electrons. The summed E-state index contributed by atoms with van der Waals surface area (Å²) >= 11 is 6.24. The fourth-order valence-electron chi connectivity index (χ4n) is 2.67. The molecule has 0 amide bonds. The lowest BCUT2D eigenvalue weighted by Crippen LogP contribution is -2.21. The van der Waals surface area contributed by atoms with Crippen LogP contribution in [0, 0.1) is 0 Å². The van der Waals surface area contributed by atoms with Gasteiger partial charge in [-0.1, -0.05) is 35.9 Å². The van der Waals surface area contributed by atoms with Gasteiger partial charge in [0.15, 0.2) is 0 Å². The predicted octanol–water partition coefficient (Wildman–Crippen LogP) is 4.69. The highest BCUT2D eigenvalue weighted by atomic mass is 35.5. The molecule has 1 N–H and O–H groups in total. The number of nitrogens with one attached hydrogen (secondary N) is 1. The Morgan fingerprint density at radius 2 is 1.92 bits per heavy atom. The molecule has 3 rings (SSSR count). The number of aryl methyl sites for hydroxylation is 1.